The van der Waals surface area contributed by atoms with Gasteiger partial charge in [-0.15, -0.1) is 13.2 Å². The smallest absolute Gasteiger partial charge is 0.406 e. The van der Waals surface area contributed by atoms with Gasteiger partial charge >= 0.3 is 6.36 Å². The number of carbonyl (C=O) groups excluding carboxylic acids is 2. The van der Waals surface area contributed by atoms with Crippen LogP contribution in [0.25, 0.3) is 0 Å². The molecule has 1 heterocycles. The molecule has 0 fully saturated rings. The normalized spacial score (nSPS) is 12.1. The van der Waals surface area contributed by atoms with Gasteiger partial charge in [0.1, 0.15) is 11.4 Å². The molecule has 3 N–H and O–H groups in total. The van der Waals surface area contributed by atoms with Crippen molar-refractivity contribution in [2.24, 2.45) is 16.1 Å². The fourth-order valence-electron chi connectivity index (χ4n) is 3.42. The third-order valence-electron chi connectivity index (χ3n) is 5.55. The second-order valence-electron chi connectivity index (χ2n) is 8.98. The van der Waals surface area contributed by atoms with Crippen LogP contribution in [0.3, 0.4) is 0 Å². The summed E-state index contributed by atoms with van der Waals surface area (Å²) in [6.07, 6.45) is -2.94. The van der Waals surface area contributed by atoms with Gasteiger partial charge in [0.2, 0.25) is 12.3 Å². The van der Waals surface area contributed by atoms with Crippen molar-refractivity contribution in [3.8, 4) is 5.75 Å². The second-order valence-corrected chi connectivity index (χ2v) is 8.98. The van der Waals surface area contributed by atoms with Crippen LogP contribution >= 0.6 is 0 Å². The molecule has 200 valence electrons. The molecule has 3 aromatic rings. The number of halogens is 3. The molecule has 0 unspecified atom stereocenters. The van der Waals surface area contributed by atoms with Crippen molar-refractivity contribution in [2.75, 3.05) is 5.01 Å². The number of primary amides is 1. The molecule has 2 amide bonds. The average Bonchev–Trinajstić information content (AvgIpc) is 2.84. The fourth-order valence-corrected chi connectivity index (χ4v) is 3.42. The summed E-state index contributed by atoms with van der Waals surface area (Å²) >= 11 is 0. The quantitative estimate of drug-likeness (QED) is 0.189. The zero-order valence-electron chi connectivity index (χ0n) is 20.8. The summed E-state index contributed by atoms with van der Waals surface area (Å²) in [5.41, 5.74) is 8.31. The summed E-state index contributed by atoms with van der Waals surface area (Å²) in [7, 11) is 0. The fraction of sp³-hybridized carbons (Fsp3) is 0.231. The minimum absolute atomic E-state index is 0.0123. The minimum atomic E-state index is -4.86. The number of hydrogen-bond donors (Lipinski definition) is 2. The van der Waals surface area contributed by atoms with Gasteiger partial charge in [0.25, 0.3) is 5.56 Å². The number of aromatic nitrogens is 1. The molecule has 0 aliphatic carbocycles. The maximum atomic E-state index is 13.2. The van der Waals surface area contributed by atoms with Crippen molar-refractivity contribution in [1.82, 2.24) is 9.99 Å². The van der Waals surface area contributed by atoms with Gasteiger partial charge in [-0.25, -0.2) is 10.0 Å². The zero-order valence-corrected chi connectivity index (χ0v) is 20.8. The van der Waals surface area contributed by atoms with Gasteiger partial charge in [0.15, 0.2) is 5.84 Å². The number of aliphatic imine (C=N–C) groups is 1. The Morgan fingerprint density at radius 1 is 1.11 bits per heavy atom. The van der Waals surface area contributed by atoms with Gasteiger partial charge in [0, 0.05) is 18.3 Å². The van der Waals surface area contributed by atoms with Crippen LogP contribution in [0.15, 0.2) is 76.6 Å². The molecular weight excluding hydrogens is 503 g/mol. The minimum Gasteiger partial charge on any atom is -0.406 e. The number of anilines is 1. The first-order valence-corrected chi connectivity index (χ1v) is 11.3. The first-order valence-electron chi connectivity index (χ1n) is 11.3. The van der Waals surface area contributed by atoms with E-state index in [0.29, 0.717) is 12.0 Å². The van der Waals surface area contributed by atoms with E-state index in [2.05, 4.69) is 15.2 Å². The maximum Gasteiger partial charge on any atom is 0.573 e. The molecule has 12 heteroatoms. The van der Waals surface area contributed by atoms with E-state index in [1.165, 1.54) is 29.0 Å². The van der Waals surface area contributed by atoms with E-state index in [-0.39, 0.29) is 23.8 Å². The van der Waals surface area contributed by atoms with Gasteiger partial charge < -0.3 is 15.0 Å². The van der Waals surface area contributed by atoms with E-state index in [1.807, 2.05) is 0 Å². The number of nitrogens with one attached hydrogen (secondary N) is 1. The number of nitrogens with zero attached hydrogens (tertiary/aromatic N) is 3. The highest BCUT2D eigenvalue weighted by atomic mass is 19.4. The van der Waals surface area contributed by atoms with Crippen molar-refractivity contribution >= 4 is 29.5 Å². The zero-order chi connectivity index (χ0) is 28.1. The molecule has 0 aliphatic heterocycles. The van der Waals surface area contributed by atoms with Crippen LogP contribution in [0.5, 0.6) is 5.75 Å². The number of ether oxygens (including phenoxy) is 1. The van der Waals surface area contributed by atoms with E-state index in [0.717, 1.165) is 22.7 Å². The van der Waals surface area contributed by atoms with Crippen molar-refractivity contribution in [1.29, 1.82) is 0 Å². The number of hydrazine groups is 1. The molecule has 9 nitrogen and oxygen atoms in total. The summed E-state index contributed by atoms with van der Waals surface area (Å²) in [6.45, 7) is 5.06. The number of nitrogens with two attached hydrogens (primary N) is 1. The predicted molar refractivity (Wildman–Crippen MR) is 136 cm³/mol. The van der Waals surface area contributed by atoms with E-state index in [4.69, 9.17) is 5.73 Å². The predicted octanol–water partition coefficient (Wildman–Crippen LogP) is 3.81. The van der Waals surface area contributed by atoms with Crippen LogP contribution in [0.1, 0.15) is 25.0 Å². The number of hydrogen-bond acceptors (Lipinski definition) is 5. The van der Waals surface area contributed by atoms with Crippen molar-refractivity contribution in [3.05, 3.63) is 88.3 Å². The molecule has 0 atom stereocenters. The van der Waals surface area contributed by atoms with Crippen LogP contribution in [0, 0.1) is 12.3 Å². The Hall–Kier alpha value is -4.61. The lowest BCUT2D eigenvalue weighted by Gasteiger charge is -2.23. The third-order valence-corrected chi connectivity index (χ3v) is 5.55. The summed E-state index contributed by atoms with van der Waals surface area (Å²) < 4.78 is 42.7. The molecule has 0 saturated carbocycles. The first-order chi connectivity index (χ1) is 17.8. The highest BCUT2D eigenvalue weighted by Gasteiger charge is 2.31. The lowest BCUT2D eigenvalue weighted by atomic mass is 9.92. The number of amides is 2. The molecule has 0 radical (unpaired) electrons. The topological polar surface area (TPSA) is 119 Å². The molecule has 0 aliphatic rings. The van der Waals surface area contributed by atoms with Crippen LogP contribution in [0.4, 0.5) is 24.5 Å². The Morgan fingerprint density at radius 2 is 1.76 bits per heavy atom. The van der Waals surface area contributed by atoms with E-state index >= 15 is 0 Å². The van der Waals surface area contributed by atoms with E-state index in [9.17, 15) is 27.6 Å². The number of rotatable bonds is 9. The lowest BCUT2D eigenvalue weighted by molar-refractivity contribution is -0.274. The second kappa shape index (κ2) is 11.2. The van der Waals surface area contributed by atoms with E-state index in [1.54, 1.807) is 51.1 Å². The standard InChI is InChI=1S/C26H26F3N5O4/c1-17-7-4-5-8-20(17)22(31-21-9-6-14-33(23(21)36)15-25(2,3)24(30)37)32-34(16-35)18-10-12-19(13-11-18)38-26(27,28)29/h4-14,16H,15H2,1-3H3,(H2,30,37)(H,31,32). The summed E-state index contributed by atoms with van der Waals surface area (Å²) in [4.78, 5) is 41.4. The molecule has 2 aromatic carbocycles. The first kappa shape index (κ1) is 28.0. The molecule has 0 bridgehead atoms. The van der Waals surface area contributed by atoms with Crippen molar-refractivity contribution in [2.45, 2.75) is 33.7 Å². The Labute approximate surface area is 216 Å². The molecule has 38 heavy (non-hydrogen) atoms. The average molecular weight is 530 g/mol. The van der Waals surface area contributed by atoms with E-state index < -0.39 is 29.0 Å². The largest absolute Gasteiger partial charge is 0.573 e. The summed E-state index contributed by atoms with van der Waals surface area (Å²) in [5.74, 6) is -0.910. The number of carbonyl (C=O) groups is 2. The van der Waals surface area contributed by atoms with Crippen molar-refractivity contribution < 1.29 is 27.5 Å². The summed E-state index contributed by atoms with van der Waals surface area (Å²) in [6, 6.07) is 14.8. The maximum absolute atomic E-state index is 13.2. The Kier molecular flexibility index (Phi) is 8.24. The molecule has 0 saturated heterocycles. The van der Waals surface area contributed by atoms with Gasteiger partial charge in [0.05, 0.1) is 11.1 Å². The highest BCUT2D eigenvalue weighted by Crippen LogP contribution is 2.25. The number of aryl methyl sites for hydroxylation is 1. The highest BCUT2D eigenvalue weighted by molar-refractivity contribution is 6.03. The Balaban J connectivity index is 2.03. The van der Waals surface area contributed by atoms with Crippen LogP contribution in [-0.2, 0) is 16.1 Å². The summed E-state index contributed by atoms with van der Waals surface area (Å²) in [5, 5.41) is 1.00. The number of amidine groups is 1. The number of pyridine rings is 1. The van der Waals surface area contributed by atoms with Crippen LogP contribution in [0.2, 0.25) is 0 Å². The van der Waals surface area contributed by atoms with Gasteiger partial charge in [-0.05, 0) is 62.7 Å². The Morgan fingerprint density at radius 3 is 2.34 bits per heavy atom. The molecular formula is C26H26F3N5O4. The molecule has 0 spiro atoms. The van der Waals surface area contributed by atoms with Crippen molar-refractivity contribution in [3.63, 3.8) is 0 Å². The van der Waals surface area contributed by atoms with Gasteiger partial charge in [-0.1, -0.05) is 24.3 Å². The van der Waals surface area contributed by atoms with Crippen LogP contribution in [-0.4, -0.2) is 29.1 Å². The number of benzene rings is 2. The monoisotopic (exact) mass is 529 g/mol. The molecule has 1 aromatic heterocycles. The van der Waals surface area contributed by atoms with Gasteiger partial charge in [-0.3, -0.25) is 19.8 Å². The third kappa shape index (κ3) is 6.99. The number of alkyl halides is 3. The van der Waals surface area contributed by atoms with Crippen LogP contribution < -0.4 is 26.5 Å². The van der Waals surface area contributed by atoms with Gasteiger partial charge in [-0.2, -0.15) is 0 Å². The molecule has 3 rings (SSSR count). The SMILES string of the molecule is Cc1ccccc1C(=Nc1cccn(CC(C)(C)C(N)=O)c1=O)NN(C=O)c1ccc(OC(F)(F)F)cc1. The lowest BCUT2D eigenvalue weighted by Crippen LogP contribution is -2.42. The Bertz CT molecular complexity index is 1400.